The number of aliphatic imine (C=N–C) groups is 4. The van der Waals surface area contributed by atoms with Crippen molar-refractivity contribution >= 4 is 139 Å². The van der Waals surface area contributed by atoms with Crippen LogP contribution >= 0.6 is 47.0 Å². The molecular weight excluding hydrogens is 1440 g/mol. The summed E-state index contributed by atoms with van der Waals surface area (Å²) in [4.78, 5) is 77.1. The molecule has 23 nitrogen and oxygen atoms in total. The first-order valence-corrected chi connectivity index (χ1v) is 41.8. The largest absolute Gasteiger partial charge is 0.479 e. The quantitative estimate of drug-likeness (QED) is 0.252. The van der Waals surface area contributed by atoms with Crippen LogP contribution in [0.15, 0.2) is 69.9 Å². The van der Waals surface area contributed by atoms with E-state index in [2.05, 4.69) is 93.5 Å². The first kappa shape index (κ1) is 95.4. The van der Waals surface area contributed by atoms with Crippen LogP contribution in [0.4, 0.5) is 0 Å². The van der Waals surface area contributed by atoms with Crippen LogP contribution in [0, 0.1) is 56.2 Å². The summed E-state index contributed by atoms with van der Waals surface area (Å²) in [5, 5.41) is 5.66. The molecular formula is C72H120N8O15S7. The molecule has 1 aromatic rings. The van der Waals surface area contributed by atoms with E-state index in [1.165, 1.54) is 23.2 Å². The highest BCUT2D eigenvalue weighted by molar-refractivity contribution is 8.19. The lowest BCUT2D eigenvalue weighted by Gasteiger charge is -2.32. The molecule has 0 radical (unpaired) electrons. The van der Waals surface area contributed by atoms with E-state index in [-0.39, 0.29) is 106 Å². The van der Waals surface area contributed by atoms with Crippen molar-refractivity contribution < 1.29 is 63.1 Å². The van der Waals surface area contributed by atoms with Crippen molar-refractivity contribution in [3.63, 3.8) is 0 Å². The Balaban J connectivity index is 0.000000583. The third-order valence-electron chi connectivity index (χ3n) is 13.4. The zero-order valence-electron chi connectivity index (χ0n) is 67.5. The van der Waals surface area contributed by atoms with Crippen LogP contribution in [-0.4, -0.2) is 125 Å². The van der Waals surface area contributed by atoms with Crippen LogP contribution in [-0.2, 0) is 68.9 Å². The molecule has 0 aliphatic carbocycles. The second-order valence-electron chi connectivity index (χ2n) is 35.6. The van der Waals surface area contributed by atoms with Crippen molar-refractivity contribution in [1.82, 2.24) is 4.98 Å². The second-order valence-corrected chi connectivity index (χ2v) is 45.5. The van der Waals surface area contributed by atoms with E-state index in [1.54, 1.807) is 56.1 Å². The van der Waals surface area contributed by atoms with Crippen LogP contribution in [0.3, 0.4) is 0 Å². The van der Waals surface area contributed by atoms with Gasteiger partial charge in [0.1, 0.15) is 23.7 Å². The average molecular weight is 1560 g/mol. The maximum atomic E-state index is 11.6. The summed E-state index contributed by atoms with van der Waals surface area (Å²) >= 11 is 6.43. The van der Waals surface area contributed by atoms with E-state index in [0.717, 1.165) is 31.2 Å². The van der Waals surface area contributed by atoms with Gasteiger partial charge in [0.15, 0.2) is 11.8 Å². The SMILES string of the molecule is CC(C)(C)C1=NC(=O)C(C)(C)CO1.CC(C)(C)C1=NC(=O)C(C)(C)CS1.CC(C)C1=NC(=O)CC(C)(C)O1.CC1(C)CC(=O)N=C(C(C)(C)C)S1.CC1=CS(=O)(=O)N=C(C(C)(C)C)O1.CC1=CS(=O)(=O)N=C(C(C)(C)C)S1.CC1CS(=O)(=O)N=C(C(C)(C)C)S1.Cc1cc(=O)nc(C(C)(C)C)o1. The Morgan fingerprint density at radius 1 is 0.539 bits per heavy atom. The number of aryl methyl sites for hydroxylation is 1. The van der Waals surface area contributed by atoms with Crippen molar-refractivity contribution in [2.75, 3.05) is 18.1 Å². The maximum absolute atomic E-state index is 11.6. The van der Waals surface area contributed by atoms with Crippen molar-refractivity contribution in [1.29, 1.82) is 0 Å². The topological polar surface area (TPSA) is 328 Å². The monoisotopic (exact) mass is 1560 g/mol. The fourth-order valence-electron chi connectivity index (χ4n) is 7.74. The Morgan fingerprint density at radius 2 is 1.02 bits per heavy atom. The van der Waals surface area contributed by atoms with Gasteiger partial charge in [0, 0.05) is 77.0 Å². The van der Waals surface area contributed by atoms with E-state index >= 15 is 0 Å². The van der Waals surface area contributed by atoms with Crippen LogP contribution in [0.5, 0.6) is 0 Å². The van der Waals surface area contributed by atoms with E-state index in [4.69, 9.17) is 18.6 Å². The lowest BCUT2D eigenvalue weighted by atomic mass is 9.90. The van der Waals surface area contributed by atoms with Gasteiger partial charge >= 0.3 is 0 Å². The fourth-order valence-corrected chi connectivity index (χ4v) is 17.0. The van der Waals surface area contributed by atoms with Crippen LogP contribution in [0.25, 0.3) is 0 Å². The normalized spacial score (nSPS) is 21.8. The summed E-state index contributed by atoms with van der Waals surface area (Å²) in [5.41, 5.74) is -2.47. The van der Waals surface area contributed by atoms with Gasteiger partial charge in [0.25, 0.3) is 53.4 Å². The van der Waals surface area contributed by atoms with Crippen LogP contribution in [0.1, 0.15) is 260 Å². The second kappa shape index (κ2) is 35.4. The molecule has 8 heterocycles. The number of thioether (sulfide) groups is 4. The zero-order chi connectivity index (χ0) is 80.4. The molecule has 580 valence electrons. The highest BCUT2D eigenvalue weighted by atomic mass is 32.2. The lowest BCUT2D eigenvalue weighted by Crippen LogP contribution is -2.39. The van der Waals surface area contributed by atoms with Gasteiger partial charge in [-0.1, -0.05) is 192 Å². The first-order chi connectivity index (χ1) is 45.1. The Morgan fingerprint density at radius 3 is 1.41 bits per heavy atom. The highest BCUT2D eigenvalue weighted by Gasteiger charge is 2.39. The summed E-state index contributed by atoms with van der Waals surface area (Å²) in [7, 11) is -10.0. The highest BCUT2D eigenvalue weighted by Crippen LogP contribution is 2.41. The van der Waals surface area contributed by atoms with Crippen LogP contribution < -0.4 is 5.56 Å². The Labute approximate surface area is 628 Å². The molecule has 0 saturated carbocycles. The van der Waals surface area contributed by atoms with Gasteiger partial charge in [-0.15, -0.1) is 39.7 Å². The number of aromatic nitrogens is 1. The van der Waals surface area contributed by atoms with Crippen molar-refractivity contribution in [3.05, 3.63) is 49.6 Å². The number of hydrogen-bond donors (Lipinski definition) is 0. The minimum absolute atomic E-state index is 0.00197. The van der Waals surface area contributed by atoms with E-state index < -0.39 is 35.5 Å². The predicted octanol–water partition coefficient (Wildman–Crippen LogP) is 16.9. The summed E-state index contributed by atoms with van der Waals surface area (Å²) in [5.74, 6) is 3.92. The smallest absolute Gasteiger partial charge is 0.281 e. The van der Waals surface area contributed by atoms with E-state index in [0.29, 0.717) is 53.7 Å². The molecule has 7 aliphatic rings. The van der Waals surface area contributed by atoms with E-state index in [9.17, 15) is 49.2 Å². The summed E-state index contributed by atoms with van der Waals surface area (Å²) in [6.45, 7) is 68.7. The van der Waals surface area contributed by atoms with Gasteiger partial charge in [-0.3, -0.25) is 24.0 Å². The minimum atomic E-state index is -3.46. The van der Waals surface area contributed by atoms with E-state index in [1.807, 2.05) is 166 Å². The Bertz CT molecular complexity index is 3770. The number of carbonyl (C=O) groups is 4. The zero-order valence-corrected chi connectivity index (χ0v) is 73.2. The molecule has 0 aromatic carbocycles. The lowest BCUT2D eigenvalue weighted by molar-refractivity contribution is -0.129. The molecule has 1 unspecified atom stereocenters. The molecule has 0 spiro atoms. The molecule has 4 amide bonds. The van der Waals surface area contributed by atoms with Gasteiger partial charge in [-0.2, -0.15) is 40.6 Å². The number of allylic oxidation sites excluding steroid dienone is 2. The molecule has 102 heavy (non-hydrogen) atoms. The van der Waals surface area contributed by atoms with Gasteiger partial charge in [0.05, 0.1) is 54.0 Å². The fraction of sp³-hybridized carbons (Fsp3) is 0.736. The number of carbonyl (C=O) groups excluding carboxylic acids is 4. The molecule has 0 saturated heterocycles. The minimum Gasteiger partial charge on any atom is -0.479 e. The molecule has 0 N–H and O–H groups in total. The van der Waals surface area contributed by atoms with Gasteiger partial charge < -0.3 is 18.6 Å². The Kier molecular flexibility index (Phi) is 33.1. The first-order valence-electron chi connectivity index (χ1n) is 33.7. The molecule has 30 heteroatoms. The van der Waals surface area contributed by atoms with Crippen molar-refractivity contribution in [2.45, 2.75) is 276 Å². The van der Waals surface area contributed by atoms with Crippen molar-refractivity contribution in [3.8, 4) is 0 Å². The molecule has 1 aromatic heterocycles. The molecule has 0 fully saturated rings. The summed E-state index contributed by atoms with van der Waals surface area (Å²) in [6, 6.07) is 1.38. The average Bonchev–Trinajstić information content (AvgIpc) is 0.831. The number of sulfonamides is 3. The molecule has 0 bridgehead atoms. The molecule has 7 aliphatic heterocycles. The summed E-state index contributed by atoms with van der Waals surface area (Å²) in [6.07, 6.45) is 0.931. The number of nitrogens with zero attached hydrogens (tertiary/aromatic N) is 8. The molecule has 8 rings (SSSR count). The maximum Gasteiger partial charge on any atom is 0.281 e. The van der Waals surface area contributed by atoms with Crippen molar-refractivity contribution in [2.24, 2.45) is 82.4 Å². The number of rotatable bonds is 1. The number of hydrogen-bond acceptors (Lipinski definition) is 20. The molecule has 1 atom stereocenters. The van der Waals surface area contributed by atoms with Gasteiger partial charge in [0.2, 0.25) is 17.7 Å². The number of amides is 4. The predicted molar refractivity (Wildman–Crippen MR) is 427 cm³/mol. The number of ether oxygens (including phenoxy) is 3. The van der Waals surface area contributed by atoms with Gasteiger partial charge in [-0.25, -0.2) is 18.4 Å². The van der Waals surface area contributed by atoms with Gasteiger partial charge in [-0.05, 0) is 62.3 Å². The van der Waals surface area contributed by atoms with Crippen LogP contribution in [0.2, 0.25) is 0 Å². The third kappa shape index (κ3) is 35.2. The standard InChI is InChI=1S/C10H17NO2.2C10H17NOS.C9H13NO2.C9H15NO2.C8H13NO3S.C8H15NO2S2.C8H13NO2S2/c2*1-9(2,3)8-11-7(12)10(4,5)6-13-8;1-9(2,3)8-11-7(12)6-10(4,5)13-8;1-6-5-7(11)10-8(12-6)9(2,3)4;1-6(2)8-10-7(11)5-9(3,4)12-8;3*1-6-5-13(10,11)9-7(12-6)8(2,3)4/h3*6H2,1-5H3;5H,1-4H3;6H,5H2,1-4H3;5H,1-4H3;6H,5H2,1-4H3;5H,1-4H3. The summed E-state index contributed by atoms with van der Waals surface area (Å²) < 4.78 is 100. The Hall–Kier alpha value is -4.62. The third-order valence-corrected chi connectivity index (χ3v) is 23.8.